The molecule has 4 rings (SSSR count). The standard InChI is InChI=1S/C22H24FN3O/c23-19-11-7-16(8-12-19)15-26-21-13-17(9-10-18(21)14-24-26)22(27)25-20-5-3-1-2-4-6-20/h7-14,20H,1-6,15H2,(H,25,27). The van der Waals surface area contributed by atoms with Gasteiger partial charge in [0.05, 0.1) is 18.3 Å². The number of rotatable bonds is 4. The molecular formula is C22H24FN3O. The first-order chi connectivity index (χ1) is 13.2. The van der Waals surface area contributed by atoms with Crippen LogP contribution in [0.4, 0.5) is 4.39 Å². The van der Waals surface area contributed by atoms with Crippen LogP contribution in [0.15, 0.2) is 48.7 Å². The monoisotopic (exact) mass is 365 g/mol. The van der Waals surface area contributed by atoms with Crippen LogP contribution >= 0.6 is 0 Å². The summed E-state index contributed by atoms with van der Waals surface area (Å²) < 4.78 is 15.0. The first-order valence-corrected chi connectivity index (χ1v) is 9.70. The zero-order valence-electron chi connectivity index (χ0n) is 15.3. The lowest BCUT2D eigenvalue weighted by Crippen LogP contribution is -2.34. The second-order valence-electron chi connectivity index (χ2n) is 7.36. The van der Waals surface area contributed by atoms with Crippen molar-refractivity contribution in [2.24, 2.45) is 0 Å². The van der Waals surface area contributed by atoms with Crippen molar-refractivity contribution in [3.05, 3.63) is 65.6 Å². The molecule has 0 unspecified atom stereocenters. The Morgan fingerprint density at radius 2 is 1.81 bits per heavy atom. The van der Waals surface area contributed by atoms with Crippen molar-refractivity contribution in [3.8, 4) is 0 Å². The second kappa shape index (κ2) is 7.91. The number of amides is 1. The van der Waals surface area contributed by atoms with Crippen LogP contribution in [-0.2, 0) is 6.54 Å². The third-order valence-corrected chi connectivity index (χ3v) is 5.34. The number of fused-ring (bicyclic) bond motifs is 1. The molecule has 0 aliphatic heterocycles. The molecule has 0 atom stereocenters. The Labute approximate surface area is 158 Å². The zero-order chi connectivity index (χ0) is 18.6. The fraction of sp³-hybridized carbons (Fsp3) is 0.364. The van der Waals surface area contributed by atoms with Crippen molar-refractivity contribution in [1.29, 1.82) is 0 Å². The van der Waals surface area contributed by atoms with E-state index in [1.54, 1.807) is 18.3 Å². The van der Waals surface area contributed by atoms with Crippen LogP contribution in [0.5, 0.6) is 0 Å². The van der Waals surface area contributed by atoms with Gasteiger partial charge in [0, 0.05) is 17.0 Å². The Balaban J connectivity index is 1.53. The van der Waals surface area contributed by atoms with Gasteiger partial charge in [0.2, 0.25) is 0 Å². The molecule has 0 radical (unpaired) electrons. The zero-order valence-corrected chi connectivity index (χ0v) is 15.3. The predicted octanol–water partition coefficient (Wildman–Crippen LogP) is 4.68. The van der Waals surface area contributed by atoms with Crippen LogP contribution in [0, 0.1) is 5.82 Å². The molecule has 5 heteroatoms. The largest absolute Gasteiger partial charge is 0.349 e. The average molecular weight is 365 g/mol. The lowest BCUT2D eigenvalue weighted by atomic mass is 10.1. The van der Waals surface area contributed by atoms with Gasteiger partial charge in [-0.2, -0.15) is 5.10 Å². The van der Waals surface area contributed by atoms with E-state index < -0.39 is 0 Å². The highest BCUT2D eigenvalue weighted by atomic mass is 19.1. The lowest BCUT2D eigenvalue weighted by Gasteiger charge is -2.16. The third-order valence-electron chi connectivity index (χ3n) is 5.34. The van der Waals surface area contributed by atoms with Crippen molar-refractivity contribution in [1.82, 2.24) is 15.1 Å². The van der Waals surface area contributed by atoms with E-state index in [9.17, 15) is 9.18 Å². The van der Waals surface area contributed by atoms with Gasteiger partial charge in [-0.1, -0.05) is 43.9 Å². The number of aromatic nitrogens is 2. The predicted molar refractivity (Wildman–Crippen MR) is 104 cm³/mol. The van der Waals surface area contributed by atoms with Gasteiger partial charge in [0.15, 0.2) is 0 Å². The highest BCUT2D eigenvalue weighted by molar-refractivity contribution is 5.98. The van der Waals surface area contributed by atoms with Crippen LogP contribution < -0.4 is 5.32 Å². The maximum Gasteiger partial charge on any atom is 0.251 e. The molecule has 1 amide bonds. The average Bonchev–Trinajstić information content (AvgIpc) is 2.89. The molecule has 1 N–H and O–H groups in total. The van der Waals surface area contributed by atoms with Gasteiger partial charge in [-0.05, 0) is 42.7 Å². The van der Waals surface area contributed by atoms with Crippen LogP contribution in [0.3, 0.4) is 0 Å². The molecule has 1 aliphatic rings. The van der Waals surface area contributed by atoms with E-state index in [1.165, 1.54) is 37.8 Å². The van der Waals surface area contributed by atoms with Crippen LogP contribution in [0.1, 0.15) is 54.4 Å². The minimum Gasteiger partial charge on any atom is -0.349 e. The van der Waals surface area contributed by atoms with Gasteiger partial charge in [0.25, 0.3) is 5.91 Å². The van der Waals surface area contributed by atoms with E-state index in [0.717, 1.165) is 29.3 Å². The molecule has 1 aliphatic carbocycles. The summed E-state index contributed by atoms with van der Waals surface area (Å²) in [6.45, 7) is 0.539. The van der Waals surface area contributed by atoms with Gasteiger partial charge in [-0.15, -0.1) is 0 Å². The molecule has 3 aromatic rings. The molecule has 4 nitrogen and oxygen atoms in total. The molecule has 27 heavy (non-hydrogen) atoms. The van der Waals surface area contributed by atoms with Gasteiger partial charge in [-0.25, -0.2) is 4.39 Å². The van der Waals surface area contributed by atoms with Crippen LogP contribution in [0.2, 0.25) is 0 Å². The minimum absolute atomic E-state index is 0.0154. The molecule has 0 spiro atoms. The Hall–Kier alpha value is -2.69. The van der Waals surface area contributed by atoms with Crippen molar-refractivity contribution in [2.75, 3.05) is 0 Å². The normalized spacial score (nSPS) is 15.6. The van der Waals surface area contributed by atoms with E-state index in [1.807, 2.05) is 22.9 Å². The summed E-state index contributed by atoms with van der Waals surface area (Å²) >= 11 is 0. The molecule has 1 fully saturated rings. The maximum absolute atomic E-state index is 13.1. The first-order valence-electron chi connectivity index (χ1n) is 9.70. The van der Waals surface area contributed by atoms with Crippen LogP contribution in [0.25, 0.3) is 10.9 Å². The number of halogens is 1. The molecule has 0 bridgehead atoms. The second-order valence-corrected chi connectivity index (χ2v) is 7.36. The summed E-state index contributed by atoms with van der Waals surface area (Å²) in [6.07, 6.45) is 8.84. The van der Waals surface area contributed by atoms with Crippen LogP contribution in [-0.4, -0.2) is 21.7 Å². The highest BCUT2D eigenvalue weighted by Crippen LogP contribution is 2.20. The number of carbonyl (C=O) groups is 1. The number of hydrogen-bond acceptors (Lipinski definition) is 2. The van der Waals surface area contributed by atoms with E-state index >= 15 is 0 Å². The molecule has 0 saturated heterocycles. The first kappa shape index (κ1) is 17.7. The molecular weight excluding hydrogens is 341 g/mol. The van der Waals surface area contributed by atoms with Crippen molar-refractivity contribution in [3.63, 3.8) is 0 Å². The van der Waals surface area contributed by atoms with Crippen molar-refractivity contribution >= 4 is 16.8 Å². The molecule has 140 valence electrons. The fourth-order valence-corrected chi connectivity index (χ4v) is 3.79. The highest BCUT2D eigenvalue weighted by Gasteiger charge is 2.16. The molecule has 1 saturated carbocycles. The summed E-state index contributed by atoms with van der Waals surface area (Å²) in [5, 5.41) is 8.62. The Morgan fingerprint density at radius 1 is 1.07 bits per heavy atom. The maximum atomic E-state index is 13.1. The summed E-state index contributed by atoms with van der Waals surface area (Å²) in [6, 6.07) is 12.4. The van der Waals surface area contributed by atoms with Crippen molar-refractivity contribution in [2.45, 2.75) is 51.1 Å². The van der Waals surface area contributed by atoms with Gasteiger partial charge >= 0.3 is 0 Å². The summed E-state index contributed by atoms with van der Waals surface area (Å²) in [5.74, 6) is -0.264. The SMILES string of the molecule is O=C(NC1CCCCCC1)c1ccc2cnn(Cc3ccc(F)cc3)c2c1. The Morgan fingerprint density at radius 3 is 2.56 bits per heavy atom. The smallest absolute Gasteiger partial charge is 0.251 e. The minimum atomic E-state index is -0.249. The fourth-order valence-electron chi connectivity index (χ4n) is 3.79. The summed E-state index contributed by atoms with van der Waals surface area (Å²) in [7, 11) is 0. The van der Waals surface area contributed by atoms with Gasteiger partial charge in [0.1, 0.15) is 5.82 Å². The van der Waals surface area contributed by atoms with Gasteiger partial charge < -0.3 is 5.32 Å². The summed E-state index contributed by atoms with van der Waals surface area (Å²) in [5.41, 5.74) is 2.54. The quantitative estimate of drug-likeness (QED) is 0.683. The molecule has 1 aromatic heterocycles. The number of nitrogens with one attached hydrogen (secondary N) is 1. The number of nitrogens with zero attached hydrogens (tertiary/aromatic N) is 2. The van der Waals surface area contributed by atoms with E-state index in [4.69, 9.17) is 0 Å². The van der Waals surface area contributed by atoms with E-state index in [0.29, 0.717) is 12.1 Å². The van der Waals surface area contributed by atoms with E-state index in [-0.39, 0.29) is 17.8 Å². The topological polar surface area (TPSA) is 46.9 Å². The number of benzene rings is 2. The van der Waals surface area contributed by atoms with Crippen molar-refractivity contribution < 1.29 is 9.18 Å². The Bertz CT molecular complexity index is 924. The summed E-state index contributed by atoms with van der Waals surface area (Å²) in [4.78, 5) is 12.7. The van der Waals surface area contributed by atoms with E-state index in [2.05, 4.69) is 10.4 Å². The number of hydrogen-bond donors (Lipinski definition) is 1. The third kappa shape index (κ3) is 4.18. The molecule has 2 aromatic carbocycles. The lowest BCUT2D eigenvalue weighted by molar-refractivity contribution is 0.0933. The molecule has 1 heterocycles. The number of carbonyl (C=O) groups excluding carboxylic acids is 1. The Kier molecular flexibility index (Phi) is 5.19. The van der Waals surface area contributed by atoms with Gasteiger partial charge in [-0.3, -0.25) is 9.48 Å².